The molecule has 0 amide bonds. The normalized spacial score (nSPS) is 26.0. The van der Waals surface area contributed by atoms with Gasteiger partial charge in [0.25, 0.3) is 0 Å². The number of aryl methyl sites for hydroxylation is 1. The minimum atomic E-state index is 0.431. The van der Waals surface area contributed by atoms with Crippen molar-refractivity contribution >= 4 is 5.82 Å². The first-order valence-corrected chi connectivity index (χ1v) is 7.19. The highest BCUT2D eigenvalue weighted by Gasteiger charge is 2.29. The number of nitrogen functional groups attached to an aromatic ring is 1. The lowest BCUT2D eigenvalue weighted by Crippen LogP contribution is -2.20. The molecule has 1 fully saturated rings. The van der Waals surface area contributed by atoms with E-state index in [0.717, 1.165) is 17.3 Å². The zero-order valence-electron chi connectivity index (χ0n) is 12.2. The van der Waals surface area contributed by atoms with Crippen molar-refractivity contribution in [3.8, 4) is 0 Å². The summed E-state index contributed by atoms with van der Waals surface area (Å²) in [4.78, 5) is 0. The molecule has 18 heavy (non-hydrogen) atoms. The summed E-state index contributed by atoms with van der Waals surface area (Å²) >= 11 is 0. The maximum atomic E-state index is 6.11. The summed E-state index contributed by atoms with van der Waals surface area (Å²) in [6.45, 7) is 9.13. The molecule has 0 aliphatic heterocycles. The van der Waals surface area contributed by atoms with Crippen LogP contribution in [0, 0.1) is 18.3 Å². The highest BCUT2D eigenvalue weighted by Crippen LogP contribution is 2.40. The van der Waals surface area contributed by atoms with Crippen LogP contribution in [-0.2, 0) is 0 Å². The number of hydrogen-bond donors (Lipinski definition) is 1. The van der Waals surface area contributed by atoms with Gasteiger partial charge in [0.05, 0.1) is 12.2 Å². The van der Waals surface area contributed by atoms with Crippen molar-refractivity contribution in [3.63, 3.8) is 0 Å². The van der Waals surface area contributed by atoms with Crippen LogP contribution in [0.15, 0.2) is 6.20 Å². The molecular weight excluding hydrogens is 222 g/mol. The van der Waals surface area contributed by atoms with E-state index in [1.54, 1.807) is 0 Å². The quantitative estimate of drug-likeness (QED) is 0.766. The van der Waals surface area contributed by atoms with Crippen molar-refractivity contribution < 1.29 is 0 Å². The number of hydrogen-bond acceptors (Lipinski definition) is 2. The van der Waals surface area contributed by atoms with Crippen LogP contribution in [0.1, 0.15) is 64.5 Å². The summed E-state index contributed by atoms with van der Waals surface area (Å²) in [5.41, 5.74) is 7.64. The van der Waals surface area contributed by atoms with Gasteiger partial charge in [-0.1, -0.05) is 27.2 Å². The lowest BCUT2D eigenvalue weighted by atomic mass is 9.76. The van der Waals surface area contributed by atoms with E-state index in [1.807, 2.05) is 13.1 Å². The molecule has 3 heteroatoms. The molecule has 0 spiro atoms. The third-order valence-corrected chi connectivity index (χ3v) is 4.54. The topological polar surface area (TPSA) is 43.8 Å². The van der Waals surface area contributed by atoms with Crippen LogP contribution in [0.3, 0.4) is 0 Å². The summed E-state index contributed by atoms with van der Waals surface area (Å²) in [7, 11) is 0. The van der Waals surface area contributed by atoms with Gasteiger partial charge in [0.2, 0.25) is 0 Å². The second-order valence-corrected chi connectivity index (χ2v) is 6.88. The Morgan fingerprint density at radius 2 is 1.94 bits per heavy atom. The smallest absolute Gasteiger partial charge is 0.124 e. The Balaban J connectivity index is 2.08. The summed E-state index contributed by atoms with van der Waals surface area (Å²) in [5.74, 6) is 1.69. The molecule has 1 aromatic heterocycles. The lowest BCUT2D eigenvalue weighted by Gasteiger charge is -2.29. The maximum absolute atomic E-state index is 6.11. The average Bonchev–Trinajstić information content (AvgIpc) is 2.55. The fourth-order valence-electron chi connectivity index (χ4n) is 3.14. The van der Waals surface area contributed by atoms with E-state index in [4.69, 9.17) is 5.73 Å². The van der Waals surface area contributed by atoms with Gasteiger partial charge in [0, 0.05) is 5.56 Å². The van der Waals surface area contributed by atoms with Crippen LogP contribution < -0.4 is 5.73 Å². The molecule has 102 valence electrons. The third-order valence-electron chi connectivity index (χ3n) is 4.54. The molecular formula is C15H27N3. The van der Waals surface area contributed by atoms with Gasteiger partial charge >= 0.3 is 0 Å². The first-order chi connectivity index (χ1) is 8.39. The Morgan fingerprint density at radius 3 is 2.50 bits per heavy atom. The van der Waals surface area contributed by atoms with Gasteiger partial charge in [-0.05, 0) is 43.9 Å². The average molecular weight is 249 g/mol. The van der Waals surface area contributed by atoms with Crippen molar-refractivity contribution in [2.75, 3.05) is 5.73 Å². The first-order valence-electron chi connectivity index (χ1n) is 7.19. The van der Waals surface area contributed by atoms with Gasteiger partial charge in [0.15, 0.2) is 0 Å². The molecule has 1 saturated carbocycles. The number of anilines is 1. The summed E-state index contributed by atoms with van der Waals surface area (Å²) in [5, 5.41) is 4.46. The van der Waals surface area contributed by atoms with Gasteiger partial charge in [0.1, 0.15) is 5.82 Å². The standard InChI is InChI=1S/C15H27N3/c1-11-10-17-18(14(11)16)13-7-5-6-12(8-9-13)15(2,3)4/h10,12-13H,5-9,16H2,1-4H3. The van der Waals surface area contributed by atoms with E-state index in [-0.39, 0.29) is 0 Å². The number of nitrogens with zero attached hydrogens (tertiary/aromatic N) is 2. The highest BCUT2D eigenvalue weighted by atomic mass is 15.3. The second kappa shape index (κ2) is 4.94. The van der Waals surface area contributed by atoms with Gasteiger partial charge in [-0.25, -0.2) is 4.68 Å². The van der Waals surface area contributed by atoms with Crippen LogP contribution in [0.2, 0.25) is 0 Å². The molecule has 1 aliphatic carbocycles. The SMILES string of the molecule is Cc1cnn(C2CCCC(C(C)(C)C)CC2)c1N. The van der Waals surface area contributed by atoms with Crippen molar-refractivity contribution in [1.29, 1.82) is 0 Å². The summed E-state index contributed by atoms with van der Waals surface area (Å²) in [6.07, 6.45) is 8.27. The van der Waals surface area contributed by atoms with Crippen molar-refractivity contribution in [2.45, 2.75) is 65.8 Å². The number of aromatic nitrogens is 2. The molecule has 2 N–H and O–H groups in total. The van der Waals surface area contributed by atoms with E-state index in [0.29, 0.717) is 11.5 Å². The van der Waals surface area contributed by atoms with Gasteiger partial charge in [-0.2, -0.15) is 5.10 Å². The highest BCUT2D eigenvalue weighted by molar-refractivity contribution is 5.37. The number of rotatable bonds is 1. The first kappa shape index (κ1) is 13.4. The fraction of sp³-hybridized carbons (Fsp3) is 0.800. The third kappa shape index (κ3) is 2.70. The molecule has 1 heterocycles. The van der Waals surface area contributed by atoms with Gasteiger partial charge in [-0.15, -0.1) is 0 Å². The summed E-state index contributed by atoms with van der Waals surface area (Å²) < 4.78 is 2.06. The Morgan fingerprint density at radius 1 is 1.22 bits per heavy atom. The fourth-order valence-corrected chi connectivity index (χ4v) is 3.14. The minimum absolute atomic E-state index is 0.431. The predicted molar refractivity (Wildman–Crippen MR) is 76.4 cm³/mol. The molecule has 2 rings (SSSR count). The Kier molecular flexibility index (Phi) is 3.69. The molecule has 0 saturated heterocycles. The molecule has 1 aliphatic rings. The number of nitrogens with two attached hydrogens (primary N) is 1. The molecule has 3 nitrogen and oxygen atoms in total. The van der Waals surface area contributed by atoms with Crippen LogP contribution in [0.5, 0.6) is 0 Å². The zero-order valence-corrected chi connectivity index (χ0v) is 12.2. The van der Waals surface area contributed by atoms with Crippen molar-refractivity contribution in [1.82, 2.24) is 9.78 Å². The Bertz CT molecular complexity index is 400. The predicted octanol–water partition coefficient (Wildman–Crippen LogP) is 3.94. The van der Waals surface area contributed by atoms with E-state index in [9.17, 15) is 0 Å². The van der Waals surface area contributed by atoms with Crippen LogP contribution in [0.25, 0.3) is 0 Å². The second-order valence-electron chi connectivity index (χ2n) is 6.88. The van der Waals surface area contributed by atoms with E-state index < -0.39 is 0 Å². The molecule has 0 aromatic carbocycles. The van der Waals surface area contributed by atoms with Crippen molar-refractivity contribution in [2.24, 2.45) is 11.3 Å². The Labute approximate surface area is 111 Å². The molecule has 0 bridgehead atoms. The maximum Gasteiger partial charge on any atom is 0.124 e. The van der Waals surface area contributed by atoms with Crippen LogP contribution >= 0.6 is 0 Å². The van der Waals surface area contributed by atoms with E-state index >= 15 is 0 Å². The van der Waals surface area contributed by atoms with E-state index in [2.05, 4.69) is 30.6 Å². The molecule has 2 unspecified atom stereocenters. The lowest BCUT2D eigenvalue weighted by molar-refractivity contribution is 0.212. The molecule has 0 radical (unpaired) electrons. The van der Waals surface area contributed by atoms with Gasteiger partial charge < -0.3 is 5.73 Å². The Hall–Kier alpha value is -0.990. The van der Waals surface area contributed by atoms with Crippen LogP contribution in [0.4, 0.5) is 5.82 Å². The van der Waals surface area contributed by atoms with Crippen LogP contribution in [-0.4, -0.2) is 9.78 Å². The zero-order chi connectivity index (χ0) is 13.3. The monoisotopic (exact) mass is 249 g/mol. The molecule has 1 aromatic rings. The van der Waals surface area contributed by atoms with E-state index in [1.165, 1.54) is 32.1 Å². The largest absolute Gasteiger partial charge is 0.384 e. The minimum Gasteiger partial charge on any atom is -0.384 e. The molecule has 2 atom stereocenters. The summed E-state index contributed by atoms with van der Waals surface area (Å²) in [6, 6.07) is 0.506. The van der Waals surface area contributed by atoms with Crippen molar-refractivity contribution in [3.05, 3.63) is 11.8 Å². The van der Waals surface area contributed by atoms with Gasteiger partial charge in [-0.3, -0.25) is 0 Å².